The van der Waals surface area contributed by atoms with E-state index in [2.05, 4.69) is 5.32 Å². The molecule has 2 aromatic rings. The summed E-state index contributed by atoms with van der Waals surface area (Å²) in [5.74, 6) is -6.28. The number of nitrogens with one attached hydrogen (secondary N) is 1. The number of nitrogens with two attached hydrogens (primary N) is 2. The first-order chi connectivity index (χ1) is 23.6. The topological polar surface area (TPSA) is 237 Å². The van der Waals surface area contributed by atoms with Crippen LogP contribution in [-0.2, 0) is 18.9 Å². The summed E-state index contributed by atoms with van der Waals surface area (Å²) in [5.41, 5.74) is 10.5. The fourth-order valence-electron chi connectivity index (χ4n) is 7.38. The second kappa shape index (κ2) is 18.8. The quantitative estimate of drug-likeness (QED) is 0.0727. The minimum absolute atomic E-state index is 0. The molecule has 4 rings (SSSR count). The molecule has 2 aromatic carbocycles. The maximum atomic E-state index is 14.8. The highest BCUT2D eigenvalue weighted by Gasteiger charge is 2.56. The van der Waals surface area contributed by atoms with Gasteiger partial charge < -0.3 is 31.3 Å². The number of carboxylic acids is 1. The molecule has 1 saturated heterocycles. The monoisotopic (exact) mass is 788 g/mol. The summed E-state index contributed by atoms with van der Waals surface area (Å²) in [6.45, 7) is 5.90. The van der Waals surface area contributed by atoms with E-state index in [1.54, 1.807) is 62.1 Å². The Hall–Kier alpha value is -3.14. The van der Waals surface area contributed by atoms with E-state index in [0.717, 1.165) is 9.80 Å². The number of hydrogen-bond acceptors (Lipinski definition) is 9. The average Bonchev–Trinajstić information content (AvgIpc) is 3.49. The standard InChI is InChI=1S/C34H49N6O9P.2ClH/c1-4-38-18-9-16-34(38,33(36)46)40(26(32(44)45)14-5-6-17-35)31(43)25(20-21(2)3)37-27(50(47,48)49)15-19-39-29(41)23-12-7-10-22-11-8-13-24(28(22)23)30(39)42;;/h7-8,10-13,21,25-27,37H,4-6,9,14-20,35H2,1-3H3,(H2,36,46)(H,44,45)(H2,47,48,49);2*1H/t25?,26?,27-,34-;;/m0../s1. The van der Waals surface area contributed by atoms with Gasteiger partial charge in [0.15, 0.2) is 5.66 Å². The lowest BCUT2D eigenvalue weighted by molar-refractivity contribution is -0.172. The number of carbonyl (C=O) groups excluding carboxylic acids is 4. The van der Waals surface area contributed by atoms with Gasteiger partial charge >= 0.3 is 13.6 Å². The van der Waals surface area contributed by atoms with Crippen molar-refractivity contribution in [2.24, 2.45) is 17.4 Å². The number of carbonyl (C=O) groups is 5. The molecule has 4 amide bonds. The van der Waals surface area contributed by atoms with Crippen molar-refractivity contribution in [2.45, 2.75) is 89.2 Å². The highest BCUT2D eigenvalue weighted by atomic mass is 35.5. The van der Waals surface area contributed by atoms with Crippen molar-refractivity contribution in [2.75, 3.05) is 26.2 Å². The van der Waals surface area contributed by atoms with E-state index in [4.69, 9.17) is 11.5 Å². The molecule has 0 aliphatic carbocycles. The van der Waals surface area contributed by atoms with Crippen LogP contribution in [0, 0.1) is 5.92 Å². The summed E-state index contributed by atoms with van der Waals surface area (Å²) in [5, 5.41) is 14.5. The number of halogens is 2. The lowest BCUT2D eigenvalue weighted by Crippen LogP contribution is -2.72. The second-order valence-corrected chi connectivity index (χ2v) is 15.2. The molecule has 4 atom stereocenters. The number of likely N-dealkylation sites (N-methyl/N-ethyl adjacent to an activating group) is 1. The highest BCUT2D eigenvalue weighted by molar-refractivity contribution is 7.52. The van der Waals surface area contributed by atoms with Gasteiger partial charge in [-0.15, -0.1) is 24.8 Å². The number of primary amides is 1. The van der Waals surface area contributed by atoms with Gasteiger partial charge in [-0.3, -0.25) is 38.9 Å². The van der Waals surface area contributed by atoms with E-state index in [9.17, 15) is 43.4 Å². The molecule has 0 spiro atoms. The summed E-state index contributed by atoms with van der Waals surface area (Å²) in [6.07, 6.45) is 0.883. The van der Waals surface area contributed by atoms with Gasteiger partial charge in [-0.1, -0.05) is 45.0 Å². The van der Waals surface area contributed by atoms with Crippen LogP contribution in [0.1, 0.15) is 86.4 Å². The number of amides is 4. The van der Waals surface area contributed by atoms with Crippen LogP contribution in [0.2, 0.25) is 0 Å². The van der Waals surface area contributed by atoms with Crippen LogP contribution in [0.15, 0.2) is 36.4 Å². The molecule has 18 heteroatoms. The zero-order valence-electron chi connectivity index (χ0n) is 29.6. The number of likely N-dealkylation sites (tertiary alicyclic amines) is 1. The molecule has 0 radical (unpaired) electrons. The minimum Gasteiger partial charge on any atom is -0.480 e. The van der Waals surface area contributed by atoms with Crippen LogP contribution >= 0.6 is 32.4 Å². The molecule has 0 bridgehead atoms. The molecule has 2 aliphatic rings. The first kappa shape index (κ1) is 45.0. The highest BCUT2D eigenvalue weighted by Crippen LogP contribution is 2.43. The van der Waals surface area contributed by atoms with Crippen LogP contribution in [0.25, 0.3) is 10.8 Å². The van der Waals surface area contributed by atoms with Crippen LogP contribution in [0.5, 0.6) is 0 Å². The number of rotatable bonds is 18. The molecule has 15 nitrogen and oxygen atoms in total. The maximum Gasteiger partial charge on any atom is 0.342 e. The van der Waals surface area contributed by atoms with Gasteiger partial charge in [-0.05, 0) is 81.5 Å². The normalized spacial score (nSPS) is 19.2. The Labute approximate surface area is 315 Å². The van der Waals surface area contributed by atoms with E-state index >= 15 is 0 Å². The van der Waals surface area contributed by atoms with Crippen molar-refractivity contribution >= 4 is 72.8 Å². The van der Waals surface area contributed by atoms with E-state index in [-0.39, 0.29) is 80.8 Å². The van der Waals surface area contributed by atoms with E-state index in [0.29, 0.717) is 36.6 Å². The van der Waals surface area contributed by atoms with Gasteiger partial charge in [0.2, 0.25) is 5.91 Å². The smallest absolute Gasteiger partial charge is 0.342 e. The van der Waals surface area contributed by atoms with Gasteiger partial charge in [0.25, 0.3) is 17.7 Å². The number of aliphatic carboxylic acids is 1. The third-order valence-corrected chi connectivity index (χ3v) is 10.9. The Balaban J connectivity index is 0.00000468. The molecule has 0 saturated carbocycles. The van der Waals surface area contributed by atoms with Crippen molar-refractivity contribution in [1.29, 1.82) is 0 Å². The molecular weight excluding hydrogens is 738 g/mol. The second-order valence-electron chi connectivity index (χ2n) is 13.4. The largest absolute Gasteiger partial charge is 0.480 e. The Kier molecular flexibility index (Phi) is 16.2. The third kappa shape index (κ3) is 9.14. The maximum absolute atomic E-state index is 14.8. The molecule has 0 aromatic heterocycles. The summed E-state index contributed by atoms with van der Waals surface area (Å²) in [6, 6.07) is 7.23. The summed E-state index contributed by atoms with van der Waals surface area (Å²) in [4.78, 5) is 92.8. The van der Waals surface area contributed by atoms with E-state index in [1.165, 1.54) is 0 Å². The van der Waals surface area contributed by atoms with Crippen LogP contribution in [0.4, 0.5) is 0 Å². The predicted octanol–water partition coefficient (Wildman–Crippen LogP) is 2.89. The number of imide groups is 1. The third-order valence-electron chi connectivity index (χ3n) is 9.70. The lowest BCUT2D eigenvalue weighted by atomic mass is 9.93. The Morgan fingerprint density at radius 2 is 1.62 bits per heavy atom. The average molecular weight is 790 g/mol. The zero-order chi connectivity index (χ0) is 37.0. The van der Waals surface area contributed by atoms with Crippen molar-refractivity contribution in [3.8, 4) is 0 Å². The number of hydrogen-bond donors (Lipinski definition) is 6. The molecule has 2 unspecified atom stereocenters. The van der Waals surface area contributed by atoms with Gasteiger partial charge in [-0.25, -0.2) is 4.79 Å². The van der Waals surface area contributed by atoms with E-state index < -0.39 is 67.1 Å². The Bertz CT molecular complexity index is 1630. The van der Waals surface area contributed by atoms with Crippen molar-refractivity contribution in [3.05, 3.63) is 47.5 Å². The first-order valence-electron chi connectivity index (χ1n) is 17.1. The molecule has 8 N–H and O–H groups in total. The van der Waals surface area contributed by atoms with Crippen LogP contribution in [-0.4, -0.2) is 109 Å². The Morgan fingerprint density at radius 1 is 1.02 bits per heavy atom. The molecule has 2 aliphatic heterocycles. The zero-order valence-corrected chi connectivity index (χ0v) is 32.1. The molecule has 290 valence electrons. The lowest BCUT2D eigenvalue weighted by Gasteiger charge is -2.48. The fourth-order valence-corrected chi connectivity index (χ4v) is 8.21. The Morgan fingerprint density at radius 3 is 2.10 bits per heavy atom. The van der Waals surface area contributed by atoms with Gasteiger partial charge in [-0.2, -0.15) is 0 Å². The fraction of sp³-hybridized carbons (Fsp3) is 0.559. The van der Waals surface area contributed by atoms with E-state index in [1.807, 2.05) is 0 Å². The molecule has 2 heterocycles. The first-order valence-corrected chi connectivity index (χ1v) is 18.8. The number of carboxylic acid groups (broad SMARTS) is 1. The number of unbranched alkanes of at least 4 members (excludes halogenated alkanes) is 1. The van der Waals surface area contributed by atoms with Crippen LogP contribution < -0.4 is 16.8 Å². The minimum atomic E-state index is -5.07. The number of benzene rings is 2. The molecule has 1 fully saturated rings. The van der Waals surface area contributed by atoms with Crippen molar-refractivity contribution in [3.63, 3.8) is 0 Å². The van der Waals surface area contributed by atoms with Gasteiger partial charge in [0.05, 0.1) is 6.04 Å². The molecular formula is C34H51Cl2N6O9P. The SMILES string of the molecule is CCN1CCC[C@@]1(C(N)=O)N(C(=O)C(CC(C)C)N[C@H](CCN1C(=O)c2cccc3cccc(c23)C1=O)P(=O)(O)O)C(CCCCN)C(=O)O.Cl.Cl. The molecule has 52 heavy (non-hydrogen) atoms. The summed E-state index contributed by atoms with van der Waals surface area (Å²) in [7, 11) is -5.07. The summed E-state index contributed by atoms with van der Waals surface area (Å²) < 4.78 is 13.0. The predicted molar refractivity (Wildman–Crippen MR) is 200 cm³/mol. The van der Waals surface area contributed by atoms with Gasteiger partial charge in [0.1, 0.15) is 11.8 Å². The summed E-state index contributed by atoms with van der Waals surface area (Å²) >= 11 is 0. The number of nitrogens with zero attached hydrogens (tertiary/aromatic N) is 3. The van der Waals surface area contributed by atoms with Crippen molar-refractivity contribution in [1.82, 2.24) is 20.0 Å². The van der Waals surface area contributed by atoms with Crippen molar-refractivity contribution < 1.29 is 43.4 Å². The van der Waals surface area contributed by atoms with Gasteiger partial charge in [0, 0.05) is 29.6 Å². The van der Waals surface area contributed by atoms with Crippen LogP contribution in [0.3, 0.4) is 0 Å².